The van der Waals surface area contributed by atoms with Crippen LogP contribution in [0.25, 0.3) is 0 Å². The average Bonchev–Trinajstić information content (AvgIpc) is 2.42. The van der Waals surface area contributed by atoms with Crippen molar-refractivity contribution in [2.24, 2.45) is 5.92 Å². The molecule has 1 aliphatic heterocycles. The molecule has 4 nitrogen and oxygen atoms in total. The fourth-order valence-corrected chi connectivity index (χ4v) is 1.88. The van der Waals surface area contributed by atoms with Gasteiger partial charge in [-0.1, -0.05) is 0 Å². The largest absolute Gasteiger partial charge is 0.381 e. The molecule has 0 bridgehead atoms. The second-order valence-electron chi connectivity index (χ2n) is 4.21. The van der Waals surface area contributed by atoms with Crippen molar-refractivity contribution in [2.45, 2.75) is 12.8 Å². The highest BCUT2D eigenvalue weighted by Gasteiger charge is 2.21. The van der Waals surface area contributed by atoms with Crippen molar-refractivity contribution in [3.8, 4) is 6.07 Å². The summed E-state index contributed by atoms with van der Waals surface area (Å²) in [6.07, 6.45) is 1.66. The predicted molar refractivity (Wildman–Crippen MR) is 63.3 cm³/mol. The van der Waals surface area contributed by atoms with Crippen molar-refractivity contribution in [3.05, 3.63) is 29.6 Å². The van der Waals surface area contributed by atoms with E-state index in [9.17, 15) is 9.18 Å². The Morgan fingerprint density at radius 3 is 3.06 bits per heavy atom. The summed E-state index contributed by atoms with van der Waals surface area (Å²) in [7, 11) is 0. The number of nitriles is 1. The number of carbonyl (C=O) groups excluding carboxylic acids is 1. The number of nitrogens with zero attached hydrogens (tertiary/aromatic N) is 1. The van der Waals surface area contributed by atoms with Gasteiger partial charge in [0.15, 0.2) is 0 Å². The zero-order chi connectivity index (χ0) is 13.0. The average molecular weight is 248 g/mol. The summed E-state index contributed by atoms with van der Waals surface area (Å²) in [4.78, 5) is 11.9. The second kappa shape index (κ2) is 5.61. The van der Waals surface area contributed by atoms with Gasteiger partial charge in [-0.2, -0.15) is 5.26 Å². The summed E-state index contributed by atoms with van der Waals surface area (Å²) >= 11 is 0. The molecule has 0 aromatic heterocycles. The lowest BCUT2D eigenvalue weighted by atomic mass is 10.0. The summed E-state index contributed by atoms with van der Waals surface area (Å²) in [6.45, 7) is 1.11. The van der Waals surface area contributed by atoms with Gasteiger partial charge in [-0.15, -0.1) is 0 Å². The summed E-state index contributed by atoms with van der Waals surface area (Å²) < 4.78 is 18.3. The van der Waals surface area contributed by atoms with E-state index in [0.717, 1.165) is 12.8 Å². The number of hydrogen-bond donors (Lipinski definition) is 1. The molecule has 1 N–H and O–H groups in total. The first-order valence-electron chi connectivity index (χ1n) is 5.79. The monoisotopic (exact) mass is 248 g/mol. The van der Waals surface area contributed by atoms with Crippen molar-refractivity contribution < 1.29 is 13.9 Å². The number of rotatable bonds is 2. The van der Waals surface area contributed by atoms with Crippen LogP contribution in [0.2, 0.25) is 0 Å². The Hall–Kier alpha value is -1.93. The Balaban J connectivity index is 2.05. The SMILES string of the molecule is N#Cc1cc(NC(=O)C2CCCOC2)ccc1F. The van der Waals surface area contributed by atoms with Crippen LogP contribution >= 0.6 is 0 Å². The lowest BCUT2D eigenvalue weighted by Gasteiger charge is -2.21. The number of hydrogen-bond acceptors (Lipinski definition) is 3. The predicted octanol–water partition coefficient (Wildman–Crippen LogP) is 2.06. The molecule has 0 radical (unpaired) electrons. The number of nitrogens with one attached hydrogen (secondary N) is 1. The maximum atomic E-state index is 13.1. The van der Waals surface area contributed by atoms with E-state index in [1.54, 1.807) is 6.07 Å². The molecule has 0 saturated carbocycles. The maximum absolute atomic E-state index is 13.1. The van der Waals surface area contributed by atoms with Gasteiger partial charge in [-0.25, -0.2) is 4.39 Å². The number of anilines is 1. The van der Waals surface area contributed by atoms with Crippen LogP contribution in [0.15, 0.2) is 18.2 Å². The minimum absolute atomic E-state index is 0.0762. The van der Waals surface area contributed by atoms with Gasteiger partial charge in [-0.3, -0.25) is 4.79 Å². The highest BCUT2D eigenvalue weighted by atomic mass is 19.1. The van der Waals surface area contributed by atoms with Crippen LogP contribution in [0.4, 0.5) is 10.1 Å². The van der Waals surface area contributed by atoms with Gasteiger partial charge >= 0.3 is 0 Å². The number of ether oxygens (including phenoxy) is 1. The fourth-order valence-electron chi connectivity index (χ4n) is 1.88. The molecule has 18 heavy (non-hydrogen) atoms. The molecule has 1 heterocycles. The second-order valence-corrected chi connectivity index (χ2v) is 4.21. The quantitative estimate of drug-likeness (QED) is 0.871. The molecule has 5 heteroatoms. The lowest BCUT2D eigenvalue weighted by molar-refractivity contribution is -0.123. The van der Waals surface area contributed by atoms with Crippen LogP contribution in [0.5, 0.6) is 0 Å². The molecule has 1 unspecified atom stereocenters. The van der Waals surface area contributed by atoms with E-state index in [-0.39, 0.29) is 17.4 Å². The molecule has 1 aromatic carbocycles. The van der Waals surface area contributed by atoms with Gasteiger partial charge in [0.2, 0.25) is 5.91 Å². The van der Waals surface area contributed by atoms with Crippen molar-refractivity contribution in [1.29, 1.82) is 5.26 Å². The third kappa shape index (κ3) is 2.84. The van der Waals surface area contributed by atoms with E-state index in [0.29, 0.717) is 18.9 Å². The van der Waals surface area contributed by atoms with E-state index >= 15 is 0 Å². The molecule has 1 atom stereocenters. The topological polar surface area (TPSA) is 62.1 Å². The first kappa shape index (κ1) is 12.5. The first-order valence-corrected chi connectivity index (χ1v) is 5.79. The summed E-state index contributed by atoms with van der Waals surface area (Å²) in [5.41, 5.74) is 0.358. The molecule has 0 spiro atoms. The molecule has 2 rings (SSSR count). The summed E-state index contributed by atoms with van der Waals surface area (Å²) in [6, 6.07) is 5.68. The normalized spacial score (nSPS) is 19.0. The van der Waals surface area contributed by atoms with E-state index in [1.807, 2.05) is 0 Å². The fraction of sp³-hybridized carbons (Fsp3) is 0.385. The van der Waals surface area contributed by atoms with E-state index in [4.69, 9.17) is 10.00 Å². The van der Waals surface area contributed by atoms with Crippen LogP contribution in [-0.4, -0.2) is 19.1 Å². The van der Waals surface area contributed by atoms with Crippen molar-refractivity contribution in [3.63, 3.8) is 0 Å². The smallest absolute Gasteiger partial charge is 0.229 e. The minimum Gasteiger partial charge on any atom is -0.381 e. The molecule has 1 amide bonds. The number of halogens is 1. The zero-order valence-corrected chi connectivity index (χ0v) is 9.78. The maximum Gasteiger partial charge on any atom is 0.229 e. The molecular formula is C13H13FN2O2. The van der Waals surface area contributed by atoms with E-state index in [2.05, 4.69) is 5.32 Å². The summed E-state index contributed by atoms with van der Waals surface area (Å²) in [5.74, 6) is -0.906. The zero-order valence-electron chi connectivity index (χ0n) is 9.78. The van der Waals surface area contributed by atoms with E-state index in [1.165, 1.54) is 18.2 Å². The Kier molecular flexibility index (Phi) is 3.90. The molecule has 1 fully saturated rings. The standard InChI is InChI=1S/C13H13FN2O2/c14-12-4-3-11(6-10(12)7-15)16-13(17)9-2-1-5-18-8-9/h3-4,6,9H,1-2,5,8H2,(H,16,17). The summed E-state index contributed by atoms with van der Waals surface area (Å²) in [5, 5.41) is 11.4. The van der Waals surface area contributed by atoms with Crippen molar-refractivity contribution in [2.75, 3.05) is 18.5 Å². The Morgan fingerprint density at radius 1 is 1.56 bits per heavy atom. The Morgan fingerprint density at radius 2 is 2.39 bits per heavy atom. The van der Waals surface area contributed by atoms with Gasteiger partial charge in [0.1, 0.15) is 11.9 Å². The lowest BCUT2D eigenvalue weighted by Crippen LogP contribution is -2.30. The highest BCUT2D eigenvalue weighted by molar-refractivity contribution is 5.92. The van der Waals surface area contributed by atoms with Crippen LogP contribution in [0.3, 0.4) is 0 Å². The Labute approximate surface area is 104 Å². The van der Waals surface area contributed by atoms with Gasteiger partial charge in [0.05, 0.1) is 18.1 Å². The van der Waals surface area contributed by atoms with Crippen LogP contribution in [-0.2, 0) is 9.53 Å². The third-order valence-electron chi connectivity index (χ3n) is 2.89. The molecule has 1 aliphatic rings. The van der Waals surface area contributed by atoms with Crippen LogP contribution in [0.1, 0.15) is 18.4 Å². The van der Waals surface area contributed by atoms with Gasteiger partial charge in [-0.05, 0) is 31.0 Å². The van der Waals surface area contributed by atoms with Crippen LogP contribution in [0, 0.1) is 23.1 Å². The number of carbonyl (C=O) groups is 1. The van der Waals surface area contributed by atoms with Gasteiger partial charge < -0.3 is 10.1 Å². The third-order valence-corrected chi connectivity index (χ3v) is 2.89. The minimum atomic E-state index is -0.587. The molecule has 94 valence electrons. The number of benzene rings is 1. The molecule has 1 saturated heterocycles. The van der Waals surface area contributed by atoms with Gasteiger partial charge in [0, 0.05) is 12.3 Å². The molecular weight excluding hydrogens is 235 g/mol. The van der Waals surface area contributed by atoms with Crippen molar-refractivity contribution in [1.82, 2.24) is 0 Å². The van der Waals surface area contributed by atoms with Crippen LogP contribution < -0.4 is 5.32 Å². The highest BCUT2D eigenvalue weighted by Crippen LogP contribution is 2.18. The number of amides is 1. The van der Waals surface area contributed by atoms with E-state index < -0.39 is 5.82 Å². The molecule has 1 aromatic rings. The Bertz CT molecular complexity index is 490. The first-order chi connectivity index (χ1) is 8.70. The molecule has 0 aliphatic carbocycles. The van der Waals surface area contributed by atoms with Crippen molar-refractivity contribution >= 4 is 11.6 Å². The van der Waals surface area contributed by atoms with Gasteiger partial charge in [0.25, 0.3) is 0 Å².